The molecule has 98 valence electrons. The second kappa shape index (κ2) is 5.81. The van der Waals surface area contributed by atoms with Crippen LogP contribution < -0.4 is 5.73 Å². The lowest BCUT2D eigenvalue weighted by Gasteiger charge is -1.96. The van der Waals surface area contributed by atoms with Crippen LogP contribution in [0.3, 0.4) is 0 Å². The number of ketones is 1. The minimum Gasteiger partial charge on any atom is -0.366 e. The van der Waals surface area contributed by atoms with Crippen LogP contribution in [0, 0.1) is 11.8 Å². The molecule has 2 N–H and O–H groups in total. The molecule has 0 saturated carbocycles. The third-order valence-electron chi connectivity index (χ3n) is 2.67. The van der Waals surface area contributed by atoms with Crippen LogP contribution in [-0.2, 0) is 0 Å². The summed E-state index contributed by atoms with van der Waals surface area (Å²) in [4.78, 5) is 26.1. The van der Waals surface area contributed by atoms with Crippen molar-refractivity contribution in [2.75, 3.05) is 0 Å². The van der Waals surface area contributed by atoms with E-state index in [1.165, 1.54) is 13.1 Å². The van der Waals surface area contributed by atoms with Crippen LogP contribution in [0.15, 0.2) is 42.7 Å². The van der Waals surface area contributed by atoms with Gasteiger partial charge in [0.2, 0.25) is 5.91 Å². The van der Waals surface area contributed by atoms with E-state index in [0.29, 0.717) is 16.7 Å². The number of carbonyl (C=O) groups is 2. The largest absolute Gasteiger partial charge is 0.366 e. The Kier molecular flexibility index (Phi) is 3.92. The Morgan fingerprint density at radius 3 is 2.25 bits per heavy atom. The fraction of sp³-hybridized carbons (Fsp3) is 0.0625. The summed E-state index contributed by atoms with van der Waals surface area (Å²) in [6, 6.07) is 8.59. The molecule has 20 heavy (non-hydrogen) atoms. The SMILES string of the molecule is CC(=O)c1ccc(C#Cc2cncc(C(N)=O)c2)cc1. The summed E-state index contributed by atoms with van der Waals surface area (Å²) >= 11 is 0. The highest BCUT2D eigenvalue weighted by atomic mass is 16.1. The summed E-state index contributed by atoms with van der Waals surface area (Å²) in [5.41, 5.74) is 7.53. The lowest BCUT2D eigenvalue weighted by atomic mass is 10.1. The Morgan fingerprint density at radius 1 is 1.00 bits per heavy atom. The van der Waals surface area contributed by atoms with Crippen LogP contribution in [0.5, 0.6) is 0 Å². The van der Waals surface area contributed by atoms with E-state index in [-0.39, 0.29) is 5.78 Å². The molecule has 4 heteroatoms. The number of nitrogens with two attached hydrogens (primary N) is 1. The van der Waals surface area contributed by atoms with Gasteiger partial charge in [-0.1, -0.05) is 24.0 Å². The highest BCUT2D eigenvalue weighted by Gasteiger charge is 2.00. The average molecular weight is 264 g/mol. The predicted molar refractivity (Wildman–Crippen MR) is 75.2 cm³/mol. The molecule has 2 rings (SSSR count). The van der Waals surface area contributed by atoms with Crippen molar-refractivity contribution in [3.8, 4) is 11.8 Å². The van der Waals surface area contributed by atoms with Gasteiger partial charge in [-0.3, -0.25) is 14.6 Å². The molecule has 1 amide bonds. The number of hydrogen-bond donors (Lipinski definition) is 1. The molecular formula is C16H12N2O2. The van der Waals surface area contributed by atoms with Gasteiger partial charge in [0.25, 0.3) is 0 Å². The van der Waals surface area contributed by atoms with E-state index in [1.54, 1.807) is 36.5 Å². The average Bonchev–Trinajstić information content (AvgIpc) is 2.46. The van der Waals surface area contributed by atoms with Crippen molar-refractivity contribution >= 4 is 11.7 Å². The second-order valence-electron chi connectivity index (χ2n) is 4.21. The molecular weight excluding hydrogens is 252 g/mol. The van der Waals surface area contributed by atoms with Crippen molar-refractivity contribution < 1.29 is 9.59 Å². The lowest BCUT2D eigenvalue weighted by Crippen LogP contribution is -2.11. The van der Waals surface area contributed by atoms with Crippen molar-refractivity contribution in [2.45, 2.75) is 6.92 Å². The molecule has 1 heterocycles. The van der Waals surface area contributed by atoms with Gasteiger partial charge in [0.05, 0.1) is 5.56 Å². The van der Waals surface area contributed by atoms with Crippen LogP contribution in [0.2, 0.25) is 0 Å². The molecule has 0 aliphatic heterocycles. The summed E-state index contributed by atoms with van der Waals surface area (Å²) in [5, 5.41) is 0. The third kappa shape index (κ3) is 3.30. The molecule has 0 unspecified atom stereocenters. The van der Waals surface area contributed by atoms with Crippen molar-refractivity contribution in [3.63, 3.8) is 0 Å². The summed E-state index contributed by atoms with van der Waals surface area (Å²) < 4.78 is 0. The number of pyridine rings is 1. The molecule has 0 aliphatic rings. The van der Waals surface area contributed by atoms with E-state index in [1.807, 2.05) is 0 Å². The molecule has 2 aromatic rings. The Hall–Kier alpha value is -2.93. The first-order valence-corrected chi connectivity index (χ1v) is 5.94. The topological polar surface area (TPSA) is 73.1 Å². The monoisotopic (exact) mass is 264 g/mol. The first-order valence-electron chi connectivity index (χ1n) is 5.94. The number of carbonyl (C=O) groups excluding carboxylic acids is 2. The summed E-state index contributed by atoms with van der Waals surface area (Å²) in [6.07, 6.45) is 2.96. The fourth-order valence-corrected chi connectivity index (χ4v) is 1.58. The highest BCUT2D eigenvalue weighted by Crippen LogP contribution is 2.05. The number of amides is 1. The Balaban J connectivity index is 2.24. The van der Waals surface area contributed by atoms with Gasteiger partial charge in [-0.15, -0.1) is 0 Å². The Morgan fingerprint density at radius 2 is 1.65 bits per heavy atom. The lowest BCUT2D eigenvalue weighted by molar-refractivity contribution is 0.0996. The summed E-state index contributed by atoms with van der Waals surface area (Å²) in [5.74, 6) is 5.32. The van der Waals surface area contributed by atoms with Gasteiger partial charge >= 0.3 is 0 Å². The van der Waals surface area contributed by atoms with E-state index in [2.05, 4.69) is 16.8 Å². The van der Waals surface area contributed by atoms with Crippen LogP contribution in [0.25, 0.3) is 0 Å². The van der Waals surface area contributed by atoms with Gasteiger partial charge < -0.3 is 5.73 Å². The van der Waals surface area contributed by atoms with Gasteiger partial charge in [0.1, 0.15) is 0 Å². The first kappa shape index (κ1) is 13.5. The molecule has 0 atom stereocenters. The third-order valence-corrected chi connectivity index (χ3v) is 2.67. The van der Waals surface area contributed by atoms with Gasteiger partial charge in [-0.05, 0) is 25.1 Å². The maximum Gasteiger partial charge on any atom is 0.250 e. The molecule has 0 bridgehead atoms. The number of hydrogen-bond acceptors (Lipinski definition) is 3. The number of rotatable bonds is 2. The smallest absolute Gasteiger partial charge is 0.250 e. The maximum absolute atomic E-state index is 11.1. The van der Waals surface area contributed by atoms with Crippen molar-refractivity contribution in [3.05, 3.63) is 65.0 Å². The van der Waals surface area contributed by atoms with E-state index in [0.717, 1.165) is 5.56 Å². The molecule has 4 nitrogen and oxygen atoms in total. The molecule has 0 saturated heterocycles. The minimum atomic E-state index is -0.535. The quantitative estimate of drug-likeness (QED) is 0.663. The zero-order valence-corrected chi connectivity index (χ0v) is 10.9. The number of primary amides is 1. The summed E-state index contributed by atoms with van der Waals surface area (Å²) in [6.45, 7) is 1.52. The molecule has 0 radical (unpaired) electrons. The highest BCUT2D eigenvalue weighted by molar-refractivity contribution is 5.94. The van der Waals surface area contributed by atoms with E-state index in [4.69, 9.17) is 5.73 Å². The van der Waals surface area contributed by atoms with Gasteiger partial charge in [-0.25, -0.2) is 0 Å². The van der Waals surface area contributed by atoms with Crippen molar-refractivity contribution in [1.29, 1.82) is 0 Å². The Labute approximate surface area is 116 Å². The predicted octanol–water partition coefficient (Wildman–Crippen LogP) is 1.78. The fourth-order valence-electron chi connectivity index (χ4n) is 1.58. The van der Waals surface area contributed by atoms with E-state index in [9.17, 15) is 9.59 Å². The van der Waals surface area contributed by atoms with Crippen LogP contribution >= 0.6 is 0 Å². The van der Waals surface area contributed by atoms with Crippen molar-refractivity contribution in [2.24, 2.45) is 5.73 Å². The molecule has 0 fully saturated rings. The molecule has 1 aromatic heterocycles. The van der Waals surface area contributed by atoms with Crippen LogP contribution in [0.4, 0.5) is 0 Å². The zero-order chi connectivity index (χ0) is 14.5. The first-order chi connectivity index (χ1) is 9.56. The van der Waals surface area contributed by atoms with Gasteiger partial charge in [-0.2, -0.15) is 0 Å². The second-order valence-corrected chi connectivity index (χ2v) is 4.21. The van der Waals surface area contributed by atoms with E-state index >= 15 is 0 Å². The standard InChI is InChI=1S/C16H12N2O2/c1-11(19)14-6-4-12(5-7-14)2-3-13-8-15(16(17)20)10-18-9-13/h4-10H,1H3,(H2,17,20). The Bertz CT molecular complexity index is 722. The molecule has 0 spiro atoms. The van der Waals surface area contributed by atoms with Gasteiger partial charge in [0, 0.05) is 29.1 Å². The van der Waals surface area contributed by atoms with E-state index < -0.39 is 5.91 Å². The number of Topliss-reactive ketones (excluding diaryl/α,β-unsaturated/α-hetero) is 1. The molecule has 0 aliphatic carbocycles. The van der Waals surface area contributed by atoms with Crippen LogP contribution in [0.1, 0.15) is 38.8 Å². The summed E-state index contributed by atoms with van der Waals surface area (Å²) in [7, 11) is 0. The van der Waals surface area contributed by atoms with Gasteiger partial charge in [0.15, 0.2) is 5.78 Å². The number of aromatic nitrogens is 1. The van der Waals surface area contributed by atoms with Crippen LogP contribution in [-0.4, -0.2) is 16.7 Å². The van der Waals surface area contributed by atoms with Crippen molar-refractivity contribution in [1.82, 2.24) is 4.98 Å². The number of nitrogens with zero attached hydrogens (tertiary/aromatic N) is 1. The zero-order valence-electron chi connectivity index (χ0n) is 10.9. The molecule has 1 aromatic carbocycles. The maximum atomic E-state index is 11.1. The normalized spacial score (nSPS) is 9.45. The minimum absolute atomic E-state index is 0.0165. The number of benzene rings is 1.